The van der Waals surface area contributed by atoms with E-state index in [-0.39, 0.29) is 73.4 Å². The summed E-state index contributed by atoms with van der Waals surface area (Å²) in [5, 5.41) is 48.0. The fraction of sp³-hybridized carbons (Fsp3) is 0. The van der Waals surface area contributed by atoms with Crippen molar-refractivity contribution < 1.29 is 9.59 Å². The lowest BCUT2D eigenvalue weighted by Gasteiger charge is -2.20. The van der Waals surface area contributed by atoms with Crippen LogP contribution in [0.1, 0.15) is 31.8 Å². The van der Waals surface area contributed by atoms with Crippen molar-refractivity contribution in [3.63, 3.8) is 0 Å². The highest BCUT2D eigenvalue weighted by atomic mass is 32.1. The molecule has 0 saturated heterocycles. The number of allylic oxidation sites excluding steroid dienone is 6. The Morgan fingerprint density at radius 2 is 1.13 bits per heavy atom. The van der Waals surface area contributed by atoms with Gasteiger partial charge in [0.15, 0.2) is 11.6 Å². The zero-order valence-corrected chi connectivity index (χ0v) is 30.7. The third-order valence-corrected chi connectivity index (χ3v) is 11.3. The number of thiol groups is 1. The van der Waals surface area contributed by atoms with E-state index in [1.165, 1.54) is 22.7 Å². The number of ketones is 2. The number of nitrogens with one attached hydrogen (secondary N) is 1. The zero-order chi connectivity index (χ0) is 38.3. The second-order valence-corrected chi connectivity index (χ2v) is 14.3. The Bertz CT molecular complexity index is 3060. The molecular weight excluding hydrogens is 753 g/mol. The number of carbonyl (C=O) groups excluding carboxylic acids is 2. The first kappa shape index (κ1) is 35.5. The lowest BCUT2D eigenvalue weighted by atomic mass is 9.89. The highest BCUT2D eigenvalue weighted by molar-refractivity contribution is 7.79. The normalized spacial score (nSPS) is 18.4. The average Bonchev–Trinajstić information content (AvgIpc) is 3.97. The minimum atomic E-state index is -0.306. The Labute approximate surface area is 325 Å². The van der Waals surface area contributed by atoms with Gasteiger partial charge in [-0.25, -0.2) is 4.40 Å². The number of hydrogen-bond acceptors (Lipinski definition) is 14. The average molecular weight is 771 g/mol. The minimum Gasteiger partial charge on any atom is -0.396 e. The molecule has 7 rings (SSSR count). The molecule has 0 atom stereocenters. The van der Waals surface area contributed by atoms with Gasteiger partial charge in [-0.05, 0) is 60.4 Å². The number of nitriles is 4. The van der Waals surface area contributed by atoms with E-state index < -0.39 is 0 Å². The van der Waals surface area contributed by atoms with Crippen LogP contribution in [0.25, 0.3) is 34.4 Å². The number of benzene rings is 2. The largest absolute Gasteiger partial charge is 0.396 e. The summed E-state index contributed by atoms with van der Waals surface area (Å²) in [6.45, 7) is 0. The smallest absolute Gasteiger partial charge is 0.195 e. The highest BCUT2D eigenvalue weighted by Gasteiger charge is 2.35. The van der Waals surface area contributed by atoms with Gasteiger partial charge in [-0.1, -0.05) is 48.5 Å². The molecule has 3 aliphatic carbocycles. The molecule has 10 nitrogen and oxygen atoms in total. The number of nitrogens with zero attached hydrogens (tertiary/aromatic N) is 6. The van der Waals surface area contributed by atoms with Crippen LogP contribution in [0.2, 0.25) is 0 Å². The monoisotopic (exact) mass is 770 g/mol. The van der Waals surface area contributed by atoms with Crippen molar-refractivity contribution in [2.45, 2.75) is 0 Å². The summed E-state index contributed by atoms with van der Waals surface area (Å²) in [5.74, 6) is -0.609. The summed E-state index contributed by atoms with van der Waals surface area (Å²) in [7, 11) is 0. The van der Waals surface area contributed by atoms with E-state index in [0.29, 0.717) is 46.0 Å². The van der Waals surface area contributed by atoms with Crippen LogP contribution in [0.3, 0.4) is 0 Å². The van der Waals surface area contributed by atoms with E-state index >= 15 is 0 Å². The van der Waals surface area contributed by atoms with Crippen molar-refractivity contribution >= 4 is 105 Å². The number of rotatable bonds is 3. The maximum Gasteiger partial charge on any atom is 0.195 e. The molecule has 0 bridgehead atoms. The van der Waals surface area contributed by atoms with Crippen molar-refractivity contribution in [2.24, 2.45) is 14.5 Å². The summed E-state index contributed by atoms with van der Waals surface area (Å²) >= 11 is 11.8. The van der Waals surface area contributed by atoms with Gasteiger partial charge in [-0.15, -0.1) is 22.7 Å². The van der Waals surface area contributed by atoms with Crippen LogP contribution in [0.4, 0.5) is 0 Å². The van der Waals surface area contributed by atoms with E-state index in [0.717, 1.165) is 0 Å². The standard InChI is InChI=1S/C40H18N8O2S4/c41-15-19(16-42)31-23-5-1-3-7-25(23)39(49)33(31)29-11-9-21(53-29)13-27-35(45)38(48-52)28(36(46)37(27)47-51)14-22-10-12-30(54-22)34-32(20(17-43)18-44)24-6-2-4-8-26(24)40(34)50/h1-14,45,52H,46H2/b21-13+,22-14+,33-29-,34-30-,45-35?,48-38-. The summed E-state index contributed by atoms with van der Waals surface area (Å²) in [5.41, 5.74) is 10.0. The molecule has 254 valence electrons. The van der Waals surface area contributed by atoms with E-state index in [9.17, 15) is 30.6 Å². The third-order valence-electron chi connectivity index (χ3n) is 8.86. The lowest BCUT2D eigenvalue weighted by Crippen LogP contribution is -2.27. The molecule has 0 aliphatic heterocycles. The number of hydrogen-bond donors (Lipinski definition) is 3. The Kier molecular flexibility index (Phi) is 9.37. The van der Waals surface area contributed by atoms with Gasteiger partial charge in [0.2, 0.25) is 0 Å². The van der Waals surface area contributed by atoms with Crippen LogP contribution in [-0.2, 0) is 12.4 Å². The number of nitrogens with two attached hydrogens (primary N) is 1. The first-order valence-electron chi connectivity index (χ1n) is 15.6. The molecule has 14 heteroatoms. The van der Waals surface area contributed by atoms with Gasteiger partial charge in [0.05, 0.1) is 11.4 Å². The first-order valence-corrected chi connectivity index (χ1v) is 18.0. The van der Waals surface area contributed by atoms with E-state index in [4.69, 9.17) is 23.6 Å². The third kappa shape index (κ3) is 5.60. The van der Waals surface area contributed by atoms with Crippen molar-refractivity contribution in [2.75, 3.05) is 0 Å². The van der Waals surface area contributed by atoms with Crippen LogP contribution in [-0.4, -0.2) is 23.0 Å². The van der Waals surface area contributed by atoms with Crippen LogP contribution < -0.4 is 23.9 Å². The quantitative estimate of drug-likeness (QED) is 0.156. The number of carbonyl (C=O) groups is 2. The molecule has 2 heterocycles. The van der Waals surface area contributed by atoms with Crippen LogP contribution >= 0.6 is 35.5 Å². The molecule has 0 saturated carbocycles. The molecule has 0 amide bonds. The SMILES string of the molecule is N#CC(C#N)=C1/C(=c2\cc/c(=C\C3=C(N=S)C(N)=C(/C=c4\cc/c(=C5/C(=O)c6ccccc6C5=C(C#N)C#N)s4)/C(=N/S)C3=N)s2)C(=O)c2ccccc21. The molecule has 54 heavy (non-hydrogen) atoms. The fourth-order valence-electron chi connectivity index (χ4n) is 6.51. The molecule has 0 radical (unpaired) electrons. The van der Waals surface area contributed by atoms with Gasteiger partial charge in [-0.3, -0.25) is 15.0 Å². The zero-order valence-electron chi connectivity index (χ0n) is 27.3. The summed E-state index contributed by atoms with van der Waals surface area (Å²) in [6, 6.07) is 28.2. The van der Waals surface area contributed by atoms with Crippen LogP contribution in [0, 0.1) is 50.7 Å². The van der Waals surface area contributed by atoms with E-state index in [1.54, 1.807) is 84.9 Å². The van der Waals surface area contributed by atoms with Crippen molar-refractivity contribution in [1.29, 1.82) is 26.5 Å². The molecular formula is C40H18N8O2S4. The molecule has 2 aromatic heterocycles. The second-order valence-electron chi connectivity index (χ2n) is 11.6. The van der Waals surface area contributed by atoms with Gasteiger partial charge in [0, 0.05) is 75.1 Å². The number of thiophene rings is 2. The molecule has 0 fully saturated rings. The van der Waals surface area contributed by atoms with Gasteiger partial charge < -0.3 is 5.73 Å². The molecule has 3 N–H and O–H groups in total. The Morgan fingerprint density at radius 3 is 1.54 bits per heavy atom. The first-order chi connectivity index (χ1) is 26.2. The lowest BCUT2D eigenvalue weighted by molar-refractivity contribution is 0.105. The highest BCUT2D eigenvalue weighted by Crippen LogP contribution is 2.40. The Hall–Kier alpha value is -6.91. The number of fused-ring (bicyclic) bond motifs is 2. The maximum atomic E-state index is 13.6. The molecule has 0 spiro atoms. The van der Waals surface area contributed by atoms with Gasteiger partial charge in [-0.2, -0.15) is 25.4 Å². The van der Waals surface area contributed by atoms with Crippen molar-refractivity contribution in [1.82, 2.24) is 0 Å². The van der Waals surface area contributed by atoms with Crippen LogP contribution in [0.15, 0.2) is 115 Å². The van der Waals surface area contributed by atoms with Crippen molar-refractivity contribution in [3.8, 4) is 24.3 Å². The predicted molar refractivity (Wildman–Crippen MR) is 213 cm³/mol. The van der Waals surface area contributed by atoms with Gasteiger partial charge in [0.25, 0.3) is 0 Å². The molecule has 3 aliphatic rings. The molecule has 2 aromatic carbocycles. The topological polar surface area (TPSA) is 204 Å². The fourth-order valence-corrected chi connectivity index (χ4v) is 8.91. The maximum absolute atomic E-state index is 13.6. The molecule has 0 unspecified atom stereocenters. The van der Waals surface area contributed by atoms with E-state index in [2.05, 4.69) is 21.6 Å². The summed E-state index contributed by atoms with van der Waals surface area (Å²) in [4.78, 5) is 27.1. The predicted octanol–water partition coefficient (Wildman–Crippen LogP) is 4.28. The Balaban J connectivity index is 1.38. The Morgan fingerprint density at radius 1 is 0.704 bits per heavy atom. The van der Waals surface area contributed by atoms with E-state index in [1.807, 2.05) is 24.3 Å². The van der Waals surface area contributed by atoms with Gasteiger partial charge >= 0.3 is 0 Å². The summed E-state index contributed by atoms with van der Waals surface area (Å²) < 4.78 is 10.4. The second kappa shape index (κ2) is 14.3. The number of Topliss-reactive ketones (excluding diaryl/α,β-unsaturated/α-hetero) is 2. The van der Waals surface area contributed by atoms with Crippen molar-refractivity contribution in [3.05, 3.63) is 147 Å². The van der Waals surface area contributed by atoms with Gasteiger partial charge in [0.1, 0.15) is 46.8 Å². The van der Waals surface area contributed by atoms with Crippen LogP contribution in [0.5, 0.6) is 0 Å². The minimum absolute atomic E-state index is 0.0803. The summed E-state index contributed by atoms with van der Waals surface area (Å²) in [6.07, 6.45) is 3.32. The molecule has 4 aromatic rings.